The van der Waals surface area contributed by atoms with E-state index >= 15 is 0 Å². The number of ether oxygens (including phenoxy) is 1. The summed E-state index contributed by atoms with van der Waals surface area (Å²) in [6.45, 7) is 5.56. The van der Waals surface area contributed by atoms with Crippen molar-refractivity contribution in [2.75, 3.05) is 12.3 Å². The number of nitrogens with two attached hydrogens (primary N) is 1. The second-order valence-corrected chi connectivity index (χ2v) is 7.85. The molecule has 0 atom stereocenters. The number of imide groups is 1. The summed E-state index contributed by atoms with van der Waals surface area (Å²) in [5, 5.41) is 0. The summed E-state index contributed by atoms with van der Waals surface area (Å²) in [7, 11) is 0. The molecule has 8 nitrogen and oxygen atoms in total. The average Bonchev–Trinajstić information content (AvgIpc) is 2.93. The van der Waals surface area contributed by atoms with Crippen molar-refractivity contribution in [1.29, 1.82) is 0 Å². The van der Waals surface area contributed by atoms with Gasteiger partial charge in [0.25, 0.3) is 5.91 Å². The molecule has 3 rings (SSSR count). The lowest BCUT2D eigenvalue weighted by molar-refractivity contribution is 0.0233. The van der Waals surface area contributed by atoms with Crippen molar-refractivity contribution in [3.8, 4) is 11.4 Å². The molecule has 0 spiro atoms. The van der Waals surface area contributed by atoms with E-state index in [9.17, 15) is 9.59 Å². The summed E-state index contributed by atoms with van der Waals surface area (Å²) in [6, 6.07) is 1.69. The monoisotopic (exact) mass is 455 g/mol. The van der Waals surface area contributed by atoms with Crippen molar-refractivity contribution in [3.05, 3.63) is 27.1 Å². The van der Waals surface area contributed by atoms with Gasteiger partial charge in [0.05, 0.1) is 14.8 Å². The van der Waals surface area contributed by atoms with E-state index in [2.05, 4.69) is 37.5 Å². The Morgan fingerprint density at radius 3 is 2.84 bits per heavy atom. The highest BCUT2D eigenvalue weighted by atomic mass is 127. The average molecular weight is 455 g/mol. The molecule has 0 saturated heterocycles. The molecule has 0 fully saturated rings. The number of carbonyl (C=O) groups excluding carboxylic acids is 2. The van der Waals surface area contributed by atoms with Gasteiger partial charge in [-0.1, -0.05) is 0 Å². The lowest BCUT2D eigenvalue weighted by Gasteiger charge is -2.28. The molecule has 1 aliphatic rings. The van der Waals surface area contributed by atoms with E-state index in [1.807, 2.05) is 0 Å². The van der Waals surface area contributed by atoms with Gasteiger partial charge in [-0.15, -0.1) is 0 Å². The highest BCUT2D eigenvalue weighted by Gasteiger charge is 2.34. The Kier molecular flexibility index (Phi) is 4.43. The predicted molar refractivity (Wildman–Crippen MR) is 99.9 cm³/mol. The number of nitrogens with one attached hydrogen (secondary N) is 1. The number of aromatic nitrogens is 3. The number of carbonyl (C=O) groups is 2. The summed E-state index contributed by atoms with van der Waals surface area (Å²) in [5.41, 5.74) is 7.51. The van der Waals surface area contributed by atoms with Crippen molar-refractivity contribution in [1.82, 2.24) is 19.9 Å². The summed E-state index contributed by atoms with van der Waals surface area (Å²) in [6.07, 6.45) is 1.51. The molecular formula is C16H18IN5O3. The molecule has 0 unspecified atom stereocenters. The highest BCUT2D eigenvalue weighted by molar-refractivity contribution is 14.1. The maximum Gasteiger partial charge on any atom is 0.417 e. The van der Waals surface area contributed by atoms with Gasteiger partial charge in [-0.05, 0) is 49.4 Å². The van der Waals surface area contributed by atoms with E-state index in [-0.39, 0.29) is 18.4 Å². The van der Waals surface area contributed by atoms with Crippen molar-refractivity contribution >= 4 is 40.5 Å². The summed E-state index contributed by atoms with van der Waals surface area (Å²) in [4.78, 5) is 37.4. The van der Waals surface area contributed by atoms with Crippen LogP contribution in [0.3, 0.4) is 0 Å². The van der Waals surface area contributed by atoms with Crippen molar-refractivity contribution in [3.63, 3.8) is 0 Å². The smallest absolute Gasteiger partial charge is 0.417 e. The Bertz CT molecular complexity index is 856. The first kappa shape index (κ1) is 17.6. The lowest BCUT2D eigenvalue weighted by atomic mass is 10.1. The fourth-order valence-electron chi connectivity index (χ4n) is 2.54. The number of fused-ring (bicyclic) bond motifs is 1. The molecule has 0 radical (unpaired) electrons. The Morgan fingerprint density at radius 1 is 1.44 bits per heavy atom. The summed E-state index contributed by atoms with van der Waals surface area (Å²) >= 11 is 2.11. The van der Waals surface area contributed by atoms with Crippen LogP contribution in [0.4, 0.5) is 10.7 Å². The van der Waals surface area contributed by atoms with Crippen LogP contribution in [-0.4, -0.2) is 44.0 Å². The topological polar surface area (TPSA) is 114 Å². The van der Waals surface area contributed by atoms with E-state index < -0.39 is 11.7 Å². The van der Waals surface area contributed by atoms with E-state index in [1.54, 1.807) is 33.0 Å². The number of rotatable bonds is 1. The SMILES string of the molecule is CC(C)(C)OC(=O)N1CCc2[nH]c(-c3nc(N)ncc3I)cc2C1=O. The van der Waals surface area contributed by atoms with Crippen LogP contribution in [-0.2, 0) is 11.2 Å². The zero-order chi connectivity index (χ0) is 18.4. The number of aromatic amines is 1. The number of nitrogens with zero attached hydrogens (tertiary/aromatic N) is 3. The number of anilines is 1. The van der Waals surface area contributed by atoms with Crippen LogP contribution in [0.25, 0.3) is 11.4 Å². The molecule has 2 aromatic rings. The quantitative estimate of drug-likeness (QED) is 0.640. The molecule has 0 saturated carbocycles. The third-order valence-electron chi connectivity index (χ3n) is 3.59. The van der Waals surface area contributed by atoms with E-state index in [0.717, 1.165) is 14.2 Å². The Balaban J connectivity index is 1.91. The molecule has 0 aliphatic carbocycles. The third kappa shape index (κ3) is 3.60. The molecule has 25 heavy (non-hydrogen) atoms. The van der Waals surface area contributed by atoms with Crippen molar-refractivity contribution in [2.45, 2.75) is 32.8 Å². The minimum Gasteiger partial charge on any atom is -0.443 e. The molecular weight excluding hydrogens is 437 g/mol. The fourth-order valence-corrected chi connectivity index (χ4v) is 3.09. The number of H-pyrrole nitrogens is 1. The normalized spacial score (nSPS) is 14.4. The summed E-state index contributed by atoms with van der Waals surface area (Å²) < 4.78 is 6.11. The maximum atomic E-state index is 12.7. The molecule has 2 amide bonds. The van der Waals surface area contributed by atoms with Gasteiger partial charge in [0.15, 0.2) is 0 Å². The zero-order valence-corrected chi connectivity index (χ0v) is 16.2. The fraction of sp³-hybridized carbons (Fsp3) is 0.375. The standard InChI is InChI=1S/C16H18IN5O3/c1-16(2,3)25-15(24)22-5-4-10-8(13(22)23)6-11(20-10)12-9(17)7-19-14(18)21-12/h6-7,20H,4-5H2,1-3H3,(H2,18,19,21). The largest absolute Gasteiger partial charge is 0.443 e. The lowest BCUT2D eigenvalue weighted by Crippen LogP contribution is -2.44. The maximum absolute atomic E-state index is 12.7. The Labute approximate surface area is 158 Å². The first-order valence-corrected chi connectivity index (χ1v) is 8.78. The van der Waals surface area contributed by atoms with Crippen molar-refractivity contribution < 1.29 is 14.3 Å². The van der Waals surface area contributed by atoms with Crippen LogP contribution in [0.15, 0.2) is 12.3 Å². The predicted octanol–water partition coefficient (Wildman–Crippen LogP) is 2.59. The molecule has 1 aliphatic heterocycles. The highest BCUT2D eigenvalue weighted by Crippen LogP contribution is 2.28. The molecule has 2 aromatic heterocycles. The van der Waals surface area contributed by atoms with Gasteiger partial charge in [0.2, 0.25) is 5.95 Å². The second-order valence-electron chi connectivity index (χ2n) is 6.69. The summed E-state index contributed by atoms with van der Waals surface area (Å²) in [5.74, 6) is -0.222. The van der Waals surface area contributed by atoms with Gasteiger partial charge in [-0.2, -0.15) is 0 Å². The second kappa shape index (κ2) is 6.28. The van der Waals surface area contributed by atoms with Gasteiger partial charge >= 0.3 is 6.09 Å². The minimum absolute atomic E-state index is 0.157. The minimum atomic E-state index is -0.657. The van der Waals surface area contributed by atoms with Crippen LogP contribution in [0, 0.1) is 3.57 Å². The van der Waals surface area contributed by atoms with E-state index in [4.69, 9.17) is 10.5 Å². The van der Waals surface area contributed by atoms with Crippen LogP contribution < -0.4 is 5.73 Å². The van der Waals surface area contributed by atoms with Gasteiger partial charge in [-0.3, -0.25) is 4.79 Å². The first-order chi connectivity index (χ1) is 11.7. The van der Waals surface area contributed by atoms with E-state index in [0.29, 0.717) is 23.4 Å². The number of halogens is 1. The number of nitrogen functional groups attached to an aromatic ring is 1. The van der Waals surface area contributed by atoms with Gasteiger partial charge in [0, 0.05) is 24.9 Å². The van der Waals surface area contributed by atoms with Crippen LogP contribution in [0.2, 0.25) is 0 Å². The molecule has 132 valence electrons. The molecule has 9 heteroatoms. The molecule has 3 N–H and O–H groups in total. The van der Waals surface area contributed by atoms with Crippen molar-refractivity contribution in [2.24, 2.45) is 0 Å². The van der Waals surface area contributed by atoms with E-state index in [1.165, 1.54) is 0 Å². The molecule has 3 heterocycles. The van der Waals surface area contributed by atoms with Gasteiger partial charge in [0.1, 0.15) is 11.3 Å². The third-order valence-corrected chi connectivity index (χ3v) is 4.38. The van der Waals surface area contributed by atoms with Crippen LogP contribution in [0.1, 0.15) is 36.8 Å². The number of hydrogen-bond donors (Lipinski definition) is 2. The zero-order valence-electron chi connectivity index (χ0n) is 14.1. The van der Waals surface area contributed by atoms with Gasteiger partial charge < -0.3 is 15.5 Å². The van der Waals surface area contributed by atoms with Crippen LogP contribution in [0.5, 0.6) is 0 Å². The molecule has 0 bridgehead atoms. The number of hydrogen-bond acceptors (Lipinski definition) is 6. The Hall–Kier alpha value is -2.17. The van der Waals surface area contributed by atoms with Crippen LogP contribution >= 0.6 is 22.6 Å². The molecule has 0 aromatic carbocycles. The van der Waals surface area contributed by atoms with Gasteiger partial charge in [-0.25, -0.2) is 19.7 Å². The number of amides is 2. The Morgan fingerprint density at radius 2 is 2.16 bits per heavy atom. The first-order valence-electron chi connectivity index (χ1n) is 7.71.